The third-order valence-electron chi connectivity index (χ3n) is 7.04. The monoisotopic (exact) mass is 638 g/mol. The van der Waals surface area contributed by atoms with Crippen LogP contribution in [0.5, 0.6) is 5.75 Å². The van der Waals surface area contributed by atoms with Crippen molar-refractivity contribution in [2.45, 2.75) is 53.2 Å². The summed E-state index contributed by atoms with van der Waals surface area (Å²) in [4.78, 5) is 21.9. The number of alkyl halides is 4. The van der Waals surface area contributed by atoms with Crippen LogP contribution < -0.4 is 14.9 Å². The number of thiazole rings is 1. The Bertz CT molecular complexity index is 1870. The fourth-order valence-electron chi connectivity index (χ4n) is 5.08. The molecule has 0 fully saturated rings. The van der Waals surface area contributed by atoms with Crippen molar-refractivity contribution in [2.75, 3.05) is 0 Å². The van der Waals surface area contributed by atoms with E-state index in [1.165, 1.54) is 46.6 Å². The van der Waals surface area contributed by atoms with Crippen molar-refractivity contribution >= 4 is 17.4 Å². The van der Waals surface area contributed by atoms with Gasteiger partial charge in [0, 0.05) is 16.6 Å². The molecule has 8 nitrogen and oxygen atoms in total. The molecule has 45 heavy (non-hydrogen) atoms. The Morgan fingerprint density at radius 3 is 2.27 bits per heavy atom. The fourth-order valence-corrected chi connectivity index (χ4v) is 5.94. The van der Waals surface area contributed by atoms with Crippen molar-refractivity contribution in [1.82, 2.24) is 24.6 Å². The number of benzene rings is 3. The average molecular weight is 639 g/mol. The molecule has 0 radical (unpaired) electrons. The summed E-state index contributed by atoms with van der Waals surface area (Å²) in [6, 6.07) is 14.3. The predicted octanol–water partition coefficient (Wildman–Crippen LogP) is 7.63. The van der Waals surface area contributed by atoms with Gasteiger partial charge in [-0.2, -0.15) is 4.99 Å². The summed E-state index contributed by atoms with van der Waals surface area (Å²) in [7, 11) is 0. The van der Waals surface area contributed by atoms with Gasteiger partial charge in [-0.05, 0) is 75.6 Å². The molecule has 0 saturated heterocycles. The zero-order valence-electron chi connectivity index (χ0n) is 25.1. The van der Waals surface area contributed by atoms with Crippen LogP contribution in [0, 0.1) is 27.7 Å². The van der Waals surface area contributed by atoms with Gasteiger partial charge in [0.1, 0.15) is 18.2 Å². The number of aromatic nitrogens is 4. The average Bonchev–Trinajstić information content (AvgIpc) is 3.59. The quantitative estimate of drug-likeness (QED) is 0.186. The van der Waals surface area contributed by atoms with Crippen LogP contribution in [0.25, 0.3) is 22.8 Å². The first-order valence-corrected chi connectivity index (χ1v) is 14.8. The van der Waals surface area contributed by atoms with E-state index in [1.54, 1.807) is 31.2 Å². The lowest BCUT2D eigenvalue weighted by atomic mass is 10.0. The first kappa shape index (κ1) is 31.6. The van der Waals surface area contributed by atoms with E-state index in [2.05, 4.69) is 37.3 Å². The molecular weight excluding hydrogens is 608 g/mol. The van der Waals surface area contributed by atoms with Gasteiger partial charge in [0.25, 0.3) is 0 Å². The number of halogens is 4. The Labute approximate surface area is 260 Å². The summed E-state index contributed by atoms with van der Waals surface area (Å²) in [5.41, 5.74) is 6.60. The molecule has 2 amide bonds. The van der Waals surface area contributed by atoms with Crippen molar-refractivity contribution in [3.63, 3.8) is 0 Å². The minimum absolute atomic E-state index is 0.339. The highest BCUT2D eigenvalue weighted by atomic mass is 32.1. The molecule has 1 N–H and O–H groups in total. The highest BCUT2D eigenvalue weighted by Crippen LogP contribution is 2.27. The number of amides is 2. The summed E-state index contributed by atoms with van der Waals surface area (Å²) in [6.07, 6.45) is -4.87. The standard InChI is InChI=1S/C32H30F4N6O2S/c1-18-14-19(2)28(20(3)15-18)42-21(4)16-45-31(42)39-30(43)38-22(5)27(33)23-6-8-24(9-7-23)29-37-17-41(40-29)25-10-12-26(13-11-25)44-32(34,35)36/h6-17,22,27H,1-5H3,(H,38,43)/b39-31-. The molecule has 2 atom stereocenters. The van der Waals surface area contributed by atoms with Gasteiger partial charge >= 0.3 is 12.4 Å². The second-order valence-corrected chi connectivity index (χ2v) is 11.5. The number of carbonyl (C=O) groups is 1. The van der Waals surface area contributed by atoms with Crippen LogP contribution in [0.4, 0.5) is 22.4 Å². The summed E-state index contributed by atoms with van der Waals surface area (Å²) < 4.78 is 59.9. The van der Waals surface area contributed by atoms with Crippen LogP contribution in [0.2, 0.25) is 0 Å². The summed E-state index contributed by atoms with van der Waals surface area (Å²) >= 11 is 1.34. The maximum Gasteiger partial charge on any atom is 0.573 e. The van der Waals surface area contributed by atoms with E-state index in [9.17, 15) is 18.0 Å². The Morgan fingerprint density at radius 1 is 1.00 bits per heavy atom. The number of nitrogens with zero attached hydrogens (tertiary/aromatic N) is 5. The molecule has 2 heterocycles. The minimum Gasteiger partial charge on any atom is -0.406 e. The molecule has 5 aromatic rings. The number of urea groups is 1. The lowest BCUT2D eigenvalue weighted by Gasteiger charge is -2.18. The lowest BCUT2D eigenvalue weighted by Crippen LogP contribution is -2.35. The van der Waals surface area contributed by atoms with Crippen molar-refractivity contribution in [3.8, 4) is 28.5 Å². The summed E-state index contributed by atoms with van der Waals surface area (Å²) in [5, 5.41) is 8.94. The SMILES string of the molecule is Cc1cc(C)c(-n2c(C)cs/c2=N\C(=O)NC(C)C(F)c2ccc(-c3ncn(-c4ccc(OC(F)(F)F)cc4)n3)cc2)c(C)c1. The topological polar surface area (TPSA) is 86.3 Å². The van der Waals surface area contributed by atoms with Crippen molar-refractivity contribution < 1.29 is 27.1 Å². The second-order valence-electron chi connectivity index (χ2n) is 10.7. The van der Waals surface area contributed by atoms with E-state index >= 15 is 4.39 Å². The van der Waals surface area contributed by atoms with Gasteiger partial charge in [0.05, 0.1) is 17.4 Å². The maximum absolute atomic E-state index is 15.4. The van der Waals surface area contributed by atoms with E-state index in [1.807, 2.05) is 37.6 Å². The number of carbonyl (C=O) groups excluding carboxylic acids is 1. The van der Waals surface area contributed by atoms with Crippen molar-refractivity contribution in [1.29, 1.82) is 0 Å². The first-order chi connectivity index (χ1) is 21.3. The maximum atomic E-state index is 15.4. The Morgan fingerprint density at radius 2 is 1.64 bits per heavy atom. The molecule has 0 aliphatic carbocycles. The normalized spacial score (nSPS) is 13.5. The van der Waals surface area contributed by atoms with E-state index in [0.29, 0.717) is 27.4 Å². The van der Waals surface area contributed by atoms with Crippen LogP contribution >= 0.6 is 11.3 Å². The Hall–Kier alpha value is -4.78. The highest BCUT2D eigenvalue weighted by Gasteiger charge is 2.31. The van der Waals surface area contributed by atoms with Crippen LogP contribution in [-0.4, -0.2) is 37.8 Å². The zero-order valence-corrected chi connectivity index (χ0v) is 25.9. The van der Waals surface area contributed by atoms with Crippen molar-refractivity contribution in [3.05, 3.63) is 105 Å². The lowest BCUT2D eigenvalue weighted by molar-refractivity contribution is -0.274. The van der Waals surface area contributed by atoms with Crippen LogP contribution in [0.1, 0.15) is 41.0 Å². The molecule has 0 bridgehead atoms. The number of hydrogen-bond acceptors (Lipinski definition) is 5. The zero-order chi connectivity index (χ0) is 32.5. The summed E-state index contributed by atoms with van der Waals surface area (Å²) in [5.74, 6) is -0.00830. The van der Waals surface area contributed by atoms with Gasteiger partial charge in [0.2, 0.25) is 0 Å². The van der Waals surface area contributed by atoms with Gasteiger partial charge in [-0.3, -0.25) is 4.57 Å². The Balaban J connectivity index is 1.26. The van der Waals surface area contributed by atoms with E-state index in [0.717, 1.165) is 28.1 Å². The molecule has 5 rings (SSSR count). The molecule has 0 aliphatic rings. The second kappa shape index (κ2) is 12.7. The third-order valence-corrected chi connectivity index (χ3v) is 7.98. The number of ether oxygens (including phenoxy) is 1. The van der Waals surface area contributed by atoms with Crippen LogP contribution in [-0.2, 0) is 0 Å². The van der Waals surface area contributed by atoms with E-state index < -0.39 is 24.6 Å². The largest absolute Gasteiger partial charge is 0.573 e. The van der Waals surface area contributed by atoms with Gasteiger partial charge in [-0.1, -0.05) is 42.0 Å². The summed E-state index contributed by atoms with van der Waals surface area (Å²) in [6.45, 7) is 9.59. The molecule has 13 heteroatoms. The van der Waals surface area contributed by atoms with Gasteiger partial charge < -0.3 is 10.1 Å². The first-order valence-electron chi connectivity index (χ1n) is 13.9. The number of hydrogen-bond donors (Lipinski definition) is 1. The predicted molar refractivity (Wildman–Crippen MR) is 163 cm³/mol. The molecule has 0 saturated carbocycles. The molecular formula is C32H30F4N6O2S. The highest BCUT2D eigenvalue weighted by molar-refractivity contribution is 7.07. The smallest absolute Gasteiger partial charge is 0.406 e. The van der Waals surface area contributed by atoms with Crippen molar-refractivity contribution in [2.24, 2.45) is 4.99 Å². The van der Waals surface area contributed by atoms with Gasteiger partial charge in [0.15, 0.2) is 10.6 Å². The van der Waals surface area contributed by atoms with E-state index in [-0.39, 0.29) is 5.75 Å². The molecule has 3 aromatic carbocycles. The third kappa shape index (κ3) is 7.31. The Kier molecular flexibility index (Phi) is 8.91. The molecule has 0 aliphatic heterocycles. The number of nitrogens with one attached hydrogen (secondary N) is 1. The molecule has 234 valence electrons. The van der Waals surface area contributed by atoms with Crippen LogP contribution in [0.3, 0.4) is 0 Å². The molecule has 2 unspecified atom stereocenters. The minimum atomic E-state index is -4.78. The number of aryl methyl sites for hydroxylation is 4. The fraction of sp³-hybridized carbons (Fsp3) is 0.250. The van der Waals surface area contributed by atoms with Crippen LogP contribution in [0.15, 0.2) is 77.4 Å². The molecule has 2 aromatic heterocycles. The van der Waals surface area contributed by atoms with E-state index in [4.69, 9.17) is 0 Å². The van der Waals surface area contributed by atoms with Gasteiger partial charge in [-0.15, -0.1) is 29.6 Å². The molecule has 0 spiro atoms. The number of rotatable bonds is 7. The van der Waals surface area contributed by atoms with Gasteiger partial charge in [-0.25, -0.2) is 18.9 Å².